The zero-order valence-corrected chi connectivity index (χ0v) is 10.7. The molecule has 1 aromatic rings. The van der Waals surface area contributed by atoms with Crippen LogP contribution in [0.3, 0.4) is 0 Å². The highest BCUT2D eigenvalue weighted by atomic mass is 19.3. The van der Waals surface area contributed by atoms with Gasteiger partial charge in [0.25, 0.3) is 5.92 Å². The molecule has 19 heavy (non-hydrogen) atoms. The molecule has 0 radical (unpaired) electrons. The summed E-state index contributed by atoms with van der Waals surface area (Å²) >= 11 is 0. The first-order chi connectivity index (χ1) is 8.93. The Bertz CT molecular complexity index is 460. The first-order valence-electron chi connectivity index (χ1n) is 6.13. The largest absolute Gasteiger partial charge is 0.490 e. The fraction of sp³-hybridized carbons (Fsp3) is 0.538. The van der Waals surface area contributed by atoms with Crippen molar-refractivity contribution in [3.8, 4) is 11.5 Å². The third kappa shape index (κ3) is 2.96. The van der Waals surface area contributed by atoms with E-state index in [4.69, 9.17) is 15.2 Å². The molecule has 1 aliphatic heterocycles. The summed E-state index contributed by atoms with van der Waals surface area (Å²) in [5.74, 6) is -2.44. The van der Waals surface area contributed by atoms with E-state index in [1.54, 1.807) is 0 Å². The van der Waals surface area contributed by atoms with Gasteiger partial charge in [0, 0.05) is 25.5 Å². The first-order valence-corrected chi connectivity index (χ1v) is 6.13. The molecule has 106 valence electrons. The van der Waals surface area contributed by atoms with E-state index in [2.05, 4.69) is 0 Å². The molecule has 0 bridgehead atoms. The van der Waals surface area contributed by atoms with Crippen molar-refractivity contribution < 1.29 is 23.4 Å². The maximum absolute atomic E-state index is 13.6. The molecule has 6 heteroatoms. The quantitative estimate of drug-likeness (QED) is 0.883. The lowest BCUT2D eigenvalue weighted by Crippen LogP contribution is -2.18. The summed E-state index contributed by atoms with van der Waals surface area (Å²) < 4.78 is 38.1. The van der Waals surface area contributed by atoms with Crippen LogP contribution in [0.25, 0.3) is 0 Å². The van der Waals surface area contributed by atoms with Gasteiger partial charge in [-0.05, 0) is 17.7 Å². The van der Waals surface area contributed by atoms with Crippen molar-refractivity contribution >= 4 is 0 Å². The monoisotopic (exact) mass is 273 g/mol. The van der Waals surface area contributed by atoms with Crippen molar-refractivity contribution in [2.45, 2.75) is 25.4 Å². The van der Waals surface area contributed by atoms with Crippen molar-refractivity contribution in [3.05, 3.63) is 23.3 Å². The number of aliphatic hydroxyl groups excluding tert-OH is 1. The van der Waals surface area contributed by atoms with Crippen LogP contribution in [-0.2, 0) is 5.92 Å². The number of nitrogens with two attached hydrogens (primary N) is 1. The predicted molar refractivity (Wildman–Crippen MR) is 65.6 cm³/mol. The van der Waals surface area contributed by atoms with Gasteiger partial charge in [0.2, 0.25) is 0 Å². The molecular formula is C13H17F2NO3. The van der Waals surface area contributed by atoms with Crippen LogP contribution in [0.2, 0.25) is 0 Å². The van der Waals surface area contributed by atoms with E-state index in [1.807, 2.05) is 0 Å². The normalized spacial score (nSPS) is 16.9. The Hall–Kier alpha value is -1.40. The number of ether oxygens (including phenoxy) is 2. The molecule has 1 unspecified atom stereocenters. The molecule has 0 saturated heterocycles. The summed E-state index contributed by atoms with van der Waals surface area (Å²) in [4.78, 5) is 0. The van der Waals surface area contributed by atoms with Gasteiger partial charge in [0.05, 0.1) is 19.3 Å². The molecule has 4 nitrogen and oxygen atoms in total. The molecule has 0 fully saturated rings. The molecule has 1 aromatic carbocycles. The number of aliphatic hydroxyl groups is 1. The molecule has 0 saturated carbocycles. The predicted octanol–water partition coefficient (Wildman–Crippen LogP) is 1.95. The van der Waals surface area contributed by atoms with Crippen molar-refractivity contribution in [1.29, 1.82) is 0 Å². The number of fused-ring (bicyclic) bond motifs is 1. The van der Waals surface area contributed by atoms with Crippen LogP contribution in [0.4, 0.5) is 8.78 Å². The fourth-order valence-corrected chi connectivity index (χ4v) is 2.01. The van der Waals surface area contributed by atoms with E-state index < -0.39 is 12.0 Å². The molecular weight excluding hydrogens is 256 g/mol. The van der Waals surface area contributed by atoms with Crippen LogP contribution in [0.1, 0.15) is 30.6 Å². The summed E-state index contributed by atoms with van der Waals surface area (Å²) in [6.45, 7) is 1.51. The standard InChI is InChI=1S/C13H17F2NO3/c1-13(14,15)9-6-12-11(18-3-2-4-19-12)5-8(9)10(17)7-16/h5-6,10,17H,2-4,7,16H2,1H3. The van der Waals surface area contributed by atoms with Gasteiger partial charge in [-0.2, -0.15) is 0 Å². The Morgan fingerprint density at radius 2 is 1.89 bits per heavy atom. The zero-order valence-electron chi connectivity index (χ0n) is 10.7. The number of benzene rings is 1. The van der Waals surface area contributed by atoms with Gasteiger partial charge in [-0.25, -0.2) is 8.78 Å². The van der Waals surface area contributed by atoms with Gasteiger partial charge in [0.1, 0.15) is 0 Å². The van der Waals surface area contributed by atoms with E-state index in [-0.39, 0.29) is 23.4 Å². The van der Waals surface area contributed by atoms with Crippen molar-refractivity contribution in [2.24, 2.45) is 5.73 Å². The molecule has 2 rings (SSSR count). The summed E-state index contributed by atoms with van der Waals surface area (Å²) in [5.41, 5.74) is 5.16. The minimum atomic E-state index is -3.09. The maximum Gasteiger partial charge on any atom is 0.271 e. The second-order valence-electron chi connectivity index (χ2n) is 4.58. The maximum atomic E-state index is 13.6. The molecule has 0 aliphatic carbocycles. The molecule has 0 aromatic heterocycles. The van der Waals surface area contributed by atoms with Crippen LogP contribution in [0.15, 0.2) is 12.1 Å². The van der Waals surface area contributed by atoms with Gasteiger partial charge in [-0.1, -0.05) is 0 Å². The highest BCUT2D eigenvalue weighted by Crippen LogP contribution is 2.41. The van der Waals surface area contributed by atoms with Gasteiger partial charge < -0.3 is 20.3 Å². The summed E-state index contributed by atoms with van der Waals surface area (Å²) in [5, 5.41) is 9.79. The van der Waals surface area contributed by atoms with Crippen LogP contribution < -0.4 is 15.2 Å². The zero-order chi connectivity index (χ0) is 14.0. The molecule has 0 amide bonds. The Morgan fingerprint density at radius 1 is 1.32 bits per heavy atom. The van der Waals surface area contributed by atoms with E-state index in [9.17, 15) is 13.9 Å². The second-order valence-corrected chi connectivity index (χ2v) is 4.58. The lowest BCUT2D eigenvalue weighted by molar-refractivity contribution is 0.0136. The number of halogens is 2. The Labute approximate surface area is 110 Å². The van der Waals surface area contributed by atoms with Gasteiger partial charge in [-0.15, -0.1) is 0 Å². The fourth-order valence-electron chi connectivity index (χ4n) is 2.01. The average molecular weight is 273 g/mol. The van der Waals surface area contributed by atoms with Crippen molar-refractivity contribution in [2.75, 3.05) is 19.8 Å². The van der Waals surface area contributed by atoms with Crippen LogP contribution >= 0.6 is 0 Å². The Kier molecular flexibility index (Phi) is 3.91. The summed E-state index contributed by atoms with van der Waals surface area (Å²) in [6.07, 6.45) is -0.473. The molecule has 3 N–H and O–H groups in total. The minimum absolute atomic E-state index is 0.0826. The SMILES string of the molecule is CC(F)(F)c1cc2c(cc1C(O)CN)OCCCO2. The lowest BCUT2D eigenvalue weighted by atomic mass is 9.97. The Morgan fingerprint density at radius 3 is 2.42 bits per heavy atom. The van der Waals surface area contributed by atoms with Crippen molar-refractivity contribution in [1.82, 2.24) is 0 Å². The van der Waals surface area contributed by atoms with Gasteiger partial charge in [0.15, 0.2) is 11.5 Å². The summed E-state index contributed by atoms with van der Waals surface area (Å²) in [7, 11) is 0. The first kappa shape index (κ1) is 14.0. The van der Waals surface area contributed by atoms with Crippen LogP contribution in [0.5, 0.6) is 11.5 Å². The molecule has 1 heterocycles. The summed E-state index contributed by atoms with van der Waals surface area (Å²) in [6, 6.07) is 2.62. The average Bonchev–Trinajstić information content (AvgIpc) is 2.59. The number of rotatable bonds is 3. The van der Waals surface area contributed by atoms with E-state index in [0.29, 0.717) is 25.4 Å². The van der Waals surface area contributed by atoms with E-state index in [1.165, 1.54) is 12.1 Å². The molecule has 1 atom stereocenters. The second kappa shape index (κ2) is 5.30. The third-order valence-electron chi connectivity index (χ3n) is 2.97. The van der Waals surface area contributed by atoms with E-state index >= 15 is 0 Å². The lowest BCUT2D eigenvalue weighted by Gasteiger charge is -2.21. The topological polar surface area (TPSA) is 64.7 Å². The number of alkyl halides is 2. The Balaban J connectivity index is 2.54. The van der Waals surface area contributed by atoms with Gasteiger partial charge in [-0.3, -0.25) is 0 Å². The highest BCUT2D eigenvalue weighted by Gasteiger charge is 2.32. The highest BCUT2D eigenvalue weighted by molar-refractivity contribution is 5.50. The smallest absolute Gasteiger partial charge is 0.271 e. The number of hydrogen-bond donors (Lipinski definition) is 2. The molecule has 1 aliphatic rings. The third-order valence-corrected chi connectivity index (χ3v) is 2.97. The van der Waals surface area contributed by atoms with E-state index in [0.717, 1.165) is 6.92 Å². The van der Waals surface area contributed by atoms with Gasteiger partial charge >= 0.3 is 0 Å². The van der Waals surface area contributed by atoms with Crippen molar-refractivity contribution in [3.63, 3.8) is 0 Å². The number of hydrogen-bond acceptors (Lipinski definition) is 4. The minimum Gasteiger partial charge on any atom is -0.490 e. The molecule has 0 spiro atoms. The van der Waals surface area contributed by atoms with Crippen LogP contribution in [0, 0.1) is 0 Å². The van der Waals surface area contributed by atoms with Crippen LogP contribution in [-0.4, -0.2) is 24.9 Å².